The summed E-state index contributed by atoms with van der Waals surface area (Å²) in [4.78, 5) is 0. The van der Waals surface area contributed by atoms with Gasteiger partial charge in [-0.3, -0.25) is 0 Å². The summed E-state index contributed by atoms with van der Waals surface area (Å²) in [5, 5.41) is 3.44. The molecular weight excluding hydrogens is 158 g/mol. The standard InChI is InChI=1S/C12H21N/c1-10(11-6-7-11)13-9-5-8-12(2,3)4/h10-11,13H,6-7,9H2,1-4H3. The van der Waals surface area contributed by atoms with Crippen LogP contribution in [-0.4, -0.2) is 12.6 Å². The van der Waals surface area contributed by atoms with Gasteiger partial charge >= 0.3 is 0 Å². The third-order valence-electron chi connectivity index (χ3n) is 2.30. The van der Waals surface area contributed by atoms with Gasteiger partial charge in [0, 0.05) is 11.5 Å². The van der Waals surface area contributed by atoms with E-state index >= 15 is 0 Å². The molecule has 1 aliphatic carbocycles. The molecule has 74 valence electrons. The zero-order valence-corrected chi connectivity index (χ0v) is 9.28. The molecule has 0 aliphatic heterocycles. The highest BCUT2D eigenvalue weighted by molar-refractivity contribution is 5.08. The maximum Gasteiger partial charge on any atom is 0.0578 e. The highest BCUT2D eigenvalue weighted by Crippen LogP contribution is 2.32. The quantitative estimate of drug-likeness (QED) is 0.656. The summed E-state index contributed by atoms with van der Waals surface area (Å²) in [5.74, 6) is 7.33. The first-order chi connectivity index (χ1) is 5.99. The van der Waals surface area contributed by atoms with Gasteiger partial charge in [-0.15, -0.1) is 0 Å². The monoisotopic (exact) mass is 179 g/mol. The number of hydrogen-bond acceptors (Lipinski definition) is 1. The van der Waals surface area contributed by atoms with E-state index in [0.29, 0.717) is 6.04 Å². The number of rotatable bonds is 3. The Morgan fingerprint density at radius 1 is 1.38 bits per heavy atom. The van der Waals surface area contributed by atoms with E-state index in [1.165, 1.54) is 12.8 Å². The molecule has 1 aliphatic rings. The molecule has 1 heteroatoms. The molecule has 1 rings (SSSR count). The van der Waals surface area contributed by atoms with Crippen molar-refractivity contribution in [2.75, 3.05) is 6.54 Å². The summed E-state index contributed by atoms with van der Waals surface area (Å²) >= 11 is 0. The van der Waals surface area contributed by atoms with E-state index in [1.807, 2.05) is 0 Å². The van der Waals surface area contributed by atoms with Gasteiger partial charge in [0.25, 0.3) is 0 Å². The molecule has 1 saturated carbocycles. The van der Waals surface area contributed by atoms with Crippen molar-refractivity contribution in [3.63, 3.8) is 0 Å². The van der Waals surface area contributed by atoms with Gasteiger partial charge in [0.1, 0.15) is 0 Å². The third kappa shape index (κ3) is 4.95. The lowest BCUT2D eigenvalue weighted by Gasteiger charge is -2.10. The van der Waals surface area contributed by atoms with Gasteiger partial charge < -0.3 is 5.32 Å². The molecule has 0 saturated heterocycles. The summed E-state index contributed by atoms with van der Waals surface area (Å²) in [6.07, 6.45) is 2.81. The molecule has 1 atom stereocenters. The zero-order valence-electron chi connectivity index (χ0n) is 9.28. The summed E-state index contributed by atoms with van der Waals surface area (Å²) < 4.78 is 0. The number of nitrogens with one attached hydrogen (secondary N) is 1. The van der Waals surface area contributed by atoms with Gasteiger partial charge in [-0.25, -0.2) is 0 Å². The van der Waals surface area contributed by atoms with Crippen molar-refractivity contribution < 1.29 is 0 Å². The maximum absolute atomic E-state index is 3.44. The Labute approximate surface area is 82.3 Å². The Balaban J connectivity index is 2.14. The van der Waals surface area contributed by atoms with Crippen molar-refractivity contribution in [1.82, 2.24) is 5.32 Å². The molecule has 13 heavy (non-hydrogen) atoms. The largest absolute Gasteiger partial charge is 0.303 e. The molecule has 0 amide bonds. The van der Waals surface area contributed by atoms with Crippen LogP contribution in [0.15, 0.2) is 0 Å². The maximum atomic E-state index is 3.44. The lowest BCUT2D eigenvalue weighted by Crippen LogP contribution is -2.28. The van der Waals surface area contributed by atoms with Crippen molar-refractivity contribution in [3.8, 4) is 11.8 Å². The second-order valence-corrected chi connectivity index (χ2v) is 5.06. The topological polar surface area (TPSA) is 12.0 Å². The fraction of sp³-hybridized carbons (Fsp3) is 0.833. The Bertz CT molecular complexity index is 210. The first-order valence-corrected chi connectivity index (χ1v) is 5.22. The summed E-state index contributed by atoms with van der Waals surface area (Å²) in [6, 6.07) is 0.661. The minimum Gasteiger partial charge on any atom is -0.303 e. The van der Waals surface area contributed by atoms with E-state index in [2.05, 4.69) is 44.9 Å². The highest BCUT2D eigenvalue weighted by Gasteiger charge is 2.26. The van der Waals surface area contributed by atoms with Crippen LogP contribution in [0.3, 0.4) is 0 Å². The molecule has 0 aromatic heterocycles. The molecule has 0 heterocycles. The molecule has 0 aromatic carbocycles. The Morgan fingerprint density at radius 3 is 2.46 bits per heavy atom. The molecule has 1 unspecified atom stereocenters. The van der Waals surface area contributed by atoms with Crippen molar-refractivity contribution in [2.24, 2.45) is 11.3 Å². The van der Waals surface area contributed by atoms with Crippen molar-refractivity contribution in [2.45, 2.75) is 46.6 Å². The lowest BCUT2D eigenvalue weighted by atomic mass is 9.98. The Morgan fingerprint density at radius 2 is 2.00 bits per heavy atom. The minimum atomic E-state index is 0.143. The van der Waals surface area contributed by atoms with Crippen LogP contribution in [0.25, 0.3) is 0 Å². The van der Waals surface area contributed by atoms with Crippen LogP contribution in [-0.2, 0) is 0 Å². The molecule has 0 bridgehead atoms. The number of hydrogen-bond donors (Lipinski definition) is 1. The van der Waals surface area contributed by atoms with E-state index < -0.39 is 0 Å². The van der Waals surface area contributed by atoms with Gasteiger partial charge in [0.2, 0.25) is 0 Å². The van der Waals surface area contributed by atoms with Crippen molar-refractivity contribution >= 4 is 0 Å². The lowest BCUT2D eigenvalue weighted by molar-refractivity contribution is 0.525. The first kappa shape index (κ1) is 10.6. The summed E-state index contributed by atoms with van der Waals surface area (Å²) in [5.41, 5.74) is 0.143. The second kappa shape index (κ2) is 4.15. The van der Waals surface area contributed by atoms with Crippen LogP contribution in [0.2, 0.25) is 0 Å². The van der Waals surface area contributed by atoms with E-state index in [9.17, 15) is 0 Å². The molecule has 0 radical (unpaired) electrons. The molecular formula is C12H21N. The molecule has 1 N–H and O–H groups in total. The average Bonchev–Trinajstić information content (AvgIpc) is 2.77. The van der Waals surface area contributed by atoms with Crippen LogP contribution < -0.4 is 5.32 Å². The minimum absolute atomic E-state index is 0.143. The second-order valence-electron chi connectivity index (χ2n) is 5.06. The van der Waals surface area contributed by atoms with Crippen LogP contribution in [0.4, 0.5) is 0 Å². The summed E-state index contributed by atoms with van der Waals surface area (Å²) in [7, 11) is 0. The molecule has 0 aromatic rings. The fourth-order valence-electron chi connectivity index (χ4n) is 1.28. The zero-order chi connectivity index (χ0) is 9.90. The highest BCUT2D eigenvalue weighted by atomic mass is 14.9. The van der Waals surface area contributed by atoms with Crippen LogP contribution in [0.5, 0.6) is 0 Å². The summed E-state index contributed by atoms with van der Waals surface area (Å²) in [6.45, 7) is 9.53. The van der Waals surface area contributed by atoms with Gasteiger partial charge in [-0.2, -0.15) is 0 Å². The Kier molecular flexibility index (Phi) is 3.39. The van der Waals surface area contributed by atoms with Crippen molar-refractivity contribution in [1.29, 1.82) is 0 Å². The van der Waals surface area contributed by atoms with Gasteiger partial charge in [-0.05, 0) is 46.5 Å². The predicted molar refractivity (Wildman–Crippen MR) is 57.4 cm³/mol. The van der Waals surface area contributed by atoms with Gasteiger partial charge in [-0.1, -0.05) is 11.8 Å². The Hall–Kier alpha value is -0.480. The van der Waals surface area contributed by atoms with E-state index in [-0.39, 0.29) is 5.41 Å². The predicted octanol–water partition coefficient (Wildman–Crippen LogP) is 2.42. The SMILES string of the molecule is CC(NCC#CC(C)(C)C)C1CC1. The van der Waals surface area contributed by atoms with Crippen LogP contribution >= 0.6 is 0 Å². The van der Waals surface area contributed by atoms with E-state index in [0.717, 1.165) is 12.5 Å². The third-order valence-corrected chi connectivity index (χ3v) is 2.30. The van der Waals surface area contributed by atoms with Crippen molar-refractivity contribution in [3.05, 3.63) is 0 Å². The van der Waals surface area contributed by atoms with E-state index in [1.54, 1.807) is 0 Å². The van der Waals surface area contributed by atoms with Gasteiger partial charge in [0.15, 0.2) is 0 Å². The van der Waals surface area contributed by atoms with Crippen LogP contribution in [0.1, 0.15) is 40.5 Å². The average molecular weight is 179 g/mol. The first-order valence-electron chi connectivity index (χ1n) is 5.22. The molecule has 0 spiro atoms. The molecule has 1 fully saturated rings. The molecule has 1 nitrogen and oxygen atoms in total. The van der Waals surface area contributed by atoms with Gasteiger partial charge in [0.05, 0.1) is 6.54 Å². The van der Waals surface area contributed by atoms with Crippen LogP contribution in [0, 0.1) is 23.2 Å². The van der Waals surface area contributed by atoms with E-state index in [4.69, 9.17) is 0 Å². The fourth-order valence-corrected chi connectivity index (χ4v) is 1.28. The normalized spacial score (nSPS) is 19.1. The smallest absolute Gasteiger partial charge is 0.0578 e.